The number of benzene rings is 1. The van der Waals surface area contributed by atoms with Crippen LogP contribution >= 0.6 is 50.5 Å². The topological polar surface area (TPSA) is 641 Å². The maximum Gasteiger partial charge on any atom is 0.246 e. The van der Waals surface area contributed by atoms with Gasteiger partial charge in [0, 0.05) is 60.8 Å². The molecule has 1 aliphatic rings. The van der Waals surface area contributed by atoms with Crippen LogP contribution in [-0.2, 0) is 84.8 Å². The molecule has 2 heterocycles. The Morgan fingerprint density at radius 3 is 1.61 bits per heavy atom. The summed E-state index contributed by atoms with van der Waals surface area (Å²) in [6.45, 7) is -0.666. The Morgan fingerprint density at radius 1 is 0.584 bits per heavy atom. The standard InChI is InChI=1S/C58H92N22O17S4/c1-28(69-56(96)42-8-5-15-80(42)57(97)36(17-30-20-65-27-68-30)74-54(94)40(25-100)79-55(95)41(26-101)78-50(90)33(70-44(84)19-60)7-4-14-66-58(63)64)47(87)77-39(24-99)48(88)67-21-45(85)71-32(6-2-3-13-59)49(89)73-35(18-43(61)83)52(92)72-34(16-29-9-11-31(82)12-10-29)51(91)75-37(22-81)53(93)76-38(23-98)46(62)86/h9-12,20,27-28,32-42,81-82,98-101H,2-8,13-19,21-26,59-60H2,1H3,(H2,61,83)(H2,62,86)(H,65,68)(H,67,88)(H,69,96)(H,70,84)(H,71,85)(H,72,92)(H,73,89)(H,74,94)(H,75,91)(H,76,93)(H,77,87)(H,78,90)(H,79,95)(H4,63,64,66)/t28-,32-,33-,34-,35-,36-,37-,38-,39-,40-,41-,42-/m0/s1. The number of unbranched alkanes of at least 4 members (excludes halogenated alkanes) is 1. The van der Waals surface area contributed by atoms with E-state index in [0.29, 0.717) is 24.1 Å². The van der Waals surface area contributed by atoms with Crippen molar-refractivity contribution in [3.05, 3.63) is 48.0 Å². The van der Waals surface area contributed by atoms with Crippen molar-refractivity contribution < 1.29 is 82.1 Å². The van der Waals surface area contributed by atoms with E-state index in [2.05, 4.69) is 129 Å². The largest absolute Gasteiger partial charge is 0.508 e. The fourth-order valence-electron chi connectivity index (χ4n) is 9.69. The van der Waals surface area contributed by atoms with Crippen molar-refractivity contribution in [1.82, 2.24) is 78.7 Å². The molecule has 15 amide bonds. The summed E-state index contributed by atoms with van der Waals surface area (Å²) in [5, 5.41) is 48.9. The number of aliphatic imine (C=N–C) groups is 1. The summed E-state index contributed by atoms with van der Waals surface area (Å²) in [6, 6.07) is -11.9. The molecule has 27 N–H and O–H groups in total. The number of aromatic amines is 1. The molecular weight excluding hydrogens is 1410 g/mol. The molecule has 0 bridgehead atoms. The number of hydrogen-bond acceptors (Lipinski definition) is 25. The van der Waals surface area contributed by atoms with Gasteiger partial charge >= 0.3 is 0 Å². The van der Waals surface area contributed by atoms with Crippen molar-refractivity contribution in [1.29, 1.82) is 0 Å². The molecule has 1 aliphatic heterocycles. The maximum absolute atomic E-state index is 14.5. The number of phenols is 1. The van der Waals surface area contributed by atoms with Gasteiger partial charge in [-0.05, 0) is 76.1 Å². The number of likely N-dealkylation sites (tertiary alicyclic amines) is 1. The molecular formula is C58H92N22O17S4. The molecule has 560 valence electrons. The lowest BCUT2D eigenvalue weighted by Gasteiger charge is -2.30. The van der Waals surface area contributed by atoms with Crippen molar-refractivity contribution in [2.45, 2.75) is 144 Å². The van der Waals surface area contributed by atoms with Gasteiger partial charge in [-0.2, -0.15) is 50.5 Å². The Bertz CT molecular complexity index is 3210. The van der Waals surface area contributed by atoms with Crippen LogP contribution in [0, 0.1) is 0 Å². The van der Waals surface area contributed by atoms with Gasteiger partial charge in [0.15, 0.2) is 5.96 Å². The minimum Gasteiger partial charge on any atom is -0.508 e. The van der Waals surface area contributed by atoms with Gasteiger partial charge in [0.1, 0.15) is 78.3 Å². The molecule has 0 spiro atoms. The van der Waals surface area contributed by atoms with Crippen LogP contribution in [0.15, 0.2) is 41.8 Å². The number of rotatable bonds is 45. The number of thiol groups is 4. The first kappa shape index (κ1) is 86.1. The highest BCUT2D eigenvalue weighted by Crippen LogP contribution is 2.21. The number of aromatic hydroxyl groups is 1. The van der Waals surface area contributed by atoms with E-state index in [1.807, 2.05) is 0 Å². The van der Waals surface area contributed by atoms with Crippen LogP contribution < -0.4 is 98.2 Å². The maximum atomic E-state index is 14.5. The number of nitrogens with two attached hydrogens (primary N) is 6. The average Bonchev–Trinajstić information content (AvgIpc) is 1.75. The van der Waals surface area contributed by atoms with E-state index >= 15 is 0 Å². The molecule has 12 atom stereocenters. The van der Waals surface area contributed by atoms with E-state index in [1.165, 1.54) is 48.6 Å². The Morgan fingerprint density at radius 2 is 1.08 bits per heavy atom. The first-order chi connectivity index (χ1) is 47.9. The Kier molecular flexibility index (Phi) is 38.2. The van der Waals surface area contributed by atoms with Gasteiger partial charge in [0.05, 0.1) is 32.4 Å². The van der Waals surface area contributed by atoms with Crippen molar-refractivity contribution in [3.63, 3.8) is 0 Å². The van der Waals surface area contributed by atoms with Crippen molar-refractivity contribution in [2.24, 2.45) is 39.4 Å². The molecule has 0 unspecified atom stereocenters. The van der Waals surface area contributed by atoms with Gasteiger partial charge in [-0.1, -0.05) is 12.1 Å². The average molecular weight is 1500 g/mol. The number of H-pyrrole nitrogens is 1. The Hall–Kier alpha value is -9.17. The molecule has 1 saturated heterocycles. The van der Waals surface area contributed by atoms with Crippen LogP contribution in [0.1, 0.15) is 69.5 Å². The summed E-state index contributed by atoms with van der Waals surface area (Å²) in [4.78, 5) is 213. The predicted octanol–water partition coefficient (Wildman–Crippen LogP) is -10.4. The van der Waals surface area contributed by atoms with Gasteiger partial charge in [-0.15, -0.1) is 0 Å². The molecule has 2 aromatic rings. The zero-order chi connectivity index (χ0) is 75.5. The fourth-order valence-corrected chi connectivity index (χ4v) is 10.7. The van der Waals surface area contributed by atoms with Gasteiger partial charge < -0.3 is 118 Å². The molecule has 39 nitrogen and oxygen atoms in total. The van der Waals surface area contributed by atoms with Gasteiger partial charge in [0.25, 0.3) is 0 Å². The number of carbonyl (C=O) groups is 15. The second-order valence-electron chi connectivity index (χ2n) is 22.9. The molecule has 1 fully saturated rings. The van der Waals surface area contributed by atoms with Crippen LogP contribution in [0.25, 0.3) is 0 Å². The lowest BCUT2D eigenvalue weighted by atomic mass is 10.0. The number of guanidine groups is 1. The molecule has 0 aliphatic carbocycles. The third-order valence-corrected chi connectivity index (χ3v) is 16.6. The number of aromatic nitrogens is 2. The number of primary amides is 2. The molecule has 101 heavy (non-hydrogen) atoms. The minimum absolute atomic E-state index is 0.0248. The van der Waals surface area contributed by atoms with Gasteiger partial charge in [-0.3, -0.25) is 76.9 Å². The summed E-state index contributed by atoms with van der Waals surface area (Å²) < 4.78 is 0. The SMILES string of the molecule is C[C@H](NC(=O)[C@@H]1CCCN1C(=O)[C@H](Cc1cnc[nH]1)NC(=O)[C@H](CS)NC(=O)[C@H](CS)NC(=O)[C@H](CCCN=C(N)N)NC(=O)CN)C(=O)N[C@@H](CS)C(=O)NCC(=O)N[C@@H](CCCCN)C(=O)N[C@@H](CC(N)=O)C(=O)N[C@@H](Cc1ccc(O)cc1)C(=O)N[C@@H](CO)C(=O)N[C@@H](CS)C(N)=O. The number of amides is 15. The van der Waals surface area contributed by atoms with E-state index in [0.717, 1.165) is 0 Å². The zero-order valence-electron chi connectivity index (χ0n) is 55.1. The number of phenolic OH excluding ortho intramolecular Hbond substituents is 1. The monoisotopic (exact) mass is 1500 g/mol. The molecule has 3 rings (SSSR count). The third kappa shape index (κ3) is 29.9. The number of carbonyl (C=O) groups excluding carboxylic acids is 15. The Balaban J connectivity index is 1.71. The molecule has 43 heteroatoms. The van der Waals surface area contributed by atoms with Crippen LogP contribution in [-0.4, -0.2) is 254 Å². The van der Waals surface area contributed by atoms with Crippen molar-refractivity contribution in [3.8, 4) is 5.75 Å². The summed E-state index contributed by atoms with van der Waals surface area (Å²) >= 11 is 16.6. The molecule has 1 aromatic heterocycles. The molecule has 1 aromatic carbocycles. The zero-order valence-corrected chi connectivity index (χ0v) is 58.7. The van der Waals surface area contributed by atoms with E-state index in [9.17, 15) is 82.1 Å². The number of aliphatic hydroxyl groups is 1. The highest BCUT2D eigenvalue weighted by molar-refractivity contribution is 7.80. The molecule has 0 radical (unpaired) electrons. The second kappa shape index (κ2) is 44.9. The van der Waals surface area contributed by atoms with Crippen LogP contribution in [0.2, 0.25) is 0 Å². The smallest absolute Gasteiger partial charge is 0.246 e. The highest BCUT2D eigenvalue weighted by Gasteiger charge is 2.41. The lowest BCUT2D eigenvalue weighted by Crippen LogP contribution is -2.61. The minimum atomic E-state index is -1.82. The normalized spacial score (nSPS) is 15.7. The highest BCUT2D eigenvalue weighted by atomic mass is 32.1. The predicted molar refractivity (Wildman–Crippen MR) is 376 cm³/mol. The van der Waals surface area contributed by atoms with Crippen molar-refractivity contribution >= 4 is 145 Å². The number of hydrogen-bond donors (Lipinski definition) is 25. The number of nitrogens with zero attached hydrogens (tertiary/aromatic N) is 3. The lowest BCUT2D eigenvalue weighted by molar-refractivity contribution is -0.142. The van der Waals surface area contributed by atoms with E-state index in [-0.39, 0.29) is 99.3 Å². The summed E-state index contributed by atoms with van der Waals surface area (Å²) in [5.74, 6) is -15.5. The number of imidazole rings is 1. The fraction of sp³-hybridized carbons (Fsp3) is 0.569. The van der Waals surface area contributed by atoms with Crippen LogP contribution in [0.5, 0.6) is 5.75 Å². The summed E-state index contributed by atoms with van der Waals surface area (Å²) in [6.07, 6.45) is 2.49. The summed E-state index contributed by atoms with van der Waals surface area (Å²) in [7, 11) is 0. The van der Waals surface area contributed by atoms with E-state index in [1.54, 1.807) is 0 Å². The summed E-state index contributed by atoms with van der Waals surface area (Å²) in [5.41, 5.74) is 33.4. The van der Waals surface area contributed by atoms with Crippen molar-refractivity contribution in [2.75, 3.05) is 62.3 Å². The van der Waals surface area contributed by atoms with E-state index in [4.69, 9.17) is 34.4 Å². The van der Waals surface area contributed by atoms with Gasteiger partial charge in [-0.25, -0.2) is 4.98 Å². The third-order valence-electron chi connectivity index (χ3n) is 15.1. The van der Waals surface area contributed by atoms with Gasteiger partial charge in [0.2, 0.25) is 88.6 Å². The Labute approximate surface area is 602 Å². The second-order valence-corrected chi connectivity index (χ2v) is 24.4. The van der Waals surface area contributed by atoms with Crippen LogP contribution in [0.3, 0.4) is 0 Å². The first-order valence-corrected chi connectivity index (χ1v) is 34.2. The quantitative estimate of drug-likeness (QED) is 0.0127. The first-order valence-electron chi connectivity index (χ1n) is 31.7. The molecule has 0 saturated carbocycles. The number of nitrogens with one attached hydrogen (secondary N) is 13. The number of aliphatic hydroxyl groups excluding tert-OH is 1. The van der Waals surface area contributed by atoms with E-state index < -0.39 is 187 Å². The van der Waals surface area contributed by atoms with Crippen LogP contribution in [0.4, 0.5) is 0 Å².